The molecule has 1 fully saturated rings. The Labute approximate surface area is 167 Å². The number of carbonyl (C=O) groups is 1. The number of hydrogen-bond acceptors (Lipinski definition) is 4. The van der Waals surface area contributed by atoms with E-state index in [9.17, 15) is 4.79 Å². The third kappa shape index (κ3) is 4.87. The first-order valence-corrected chi connectivity index (χ1v) is 9.65. The third-order valence-electron chi connectivity index (χ3n) is 5.75. The van der Waals surface area contributed by atoms with Gasteiger partial charge in [-0.05, 0) is 44.3 Å². The summed E-state index contributed by atoms with van der Waals surface area (Å²) in [4.78, 5) is 12.6. The van der Waals surface area contributed by atoms with Gasteiger partial charge in [0, 0.05) is 12.0 Å². The van der Waals surface area contributed by atoms with Gasteiger partial charge in [0.1, 0.15) is 0 Å². The summed E-state index contributed by atoms with van der Waals surface area (Å²) in [6.07, 6.45) is 5.76. The van der Waals surface area contributed by atoms with Gasteiger partial charge in [0.05, 0.1) is 12.2 Å². The van der Waals surface area contributed by atoms with Gasteiger partial charge in [-0.25, -0.2) is 4.68 Å². The van der Waals surface area contributed by atoms with Crippen LogP contribution in [0.1, 0.15) is 61.6 Å². The molecule has 0 unspecified atom stereocenters. The van der Waals surface area contributed by atoms with E-state index < -0.39 is 0 Å². The second-order valence-corrected chi connectivity index (χ2v) is 7.10. The van der Waals surface area contributed by atoms with E-state index in [-0.39, 0.29) is 23.7 Å². The van der Waals surface area contributed by atoms with E-state index >= 15 is 0 Å². The van der Waals surface area contributed by atoms with Crippen LogP contribution in [-0.4, -0.2) is 40.5 Å². The minimum atomic E-state index is -0.146. The Hall–Kier alpha value is -1.92. The molecule has 0 radical (unpaired) electrons. The van der Waals surface area contributed by atoms with Gasteiger partial charge in [-0.2, -0.15) is 0 Å². The summed E-state index contributed by atoms with van der Waals surface area (Å²) in [5, 5.41) is 14.7. The van der Waals surface area contributed by atoms with Crippen LogP contribution in [0.4, 0.5) is 0 Å². The SMILES string of the molecule is CCC(CC)(CNC(=O)c1cn(C2CCNCC2)nn1)c1ccccc1.Cl. The van der Waals surface area contributed by atoms with Gasteiger partial charge in [-0.1, -0.05) is 49.4 Å². The lowest BCUT2D eigenvalue weighted by Gasteiger charge is -2.32. The molecule has 0 atom stereocenters. The van der Waals surface area contributed by atoms with E-state index in [1.165, 1.54) is 5.56 Å². The molecule has 0 aliphatic carbocycles. The first-order chi connectivity index (χ1) is 12.7. The number of hydrogen-bond donors (Lipinski definition) is 2. The minimum absolute atomic E-state index is 0. The van der Waals surface area contributed by atoms with Gasteiger partial charge < -0.3 is 10.6 Å². The number of halogens is 1. The van der Waals surface area contributed by atoms with E-state index in [1.807, 2.05) is 10.7 Å². The Morgan fingerprint density at radius 1 is 1.22 bits per heavy atom. The van der Waals surface area contributed by atoms with Crippen molar-refractivity contribution in [2.75, 3.05) is 19.6 Å². The molecule has 1 saturated heterocycles. The van der Waals surface area contributed by atoms with Gasteiger partial charge in [-0.3, -0.25) is 4.79 Å². The van der Waals surface area contributed by atoms with E-state index in [0.717, 1.165) is 38.8 Å². The molecule has 27 heavy (non-hydrogen) atoms. The van der Waals surface area contributed by atoms with Crippen LogP contribution in [0.15, 0.2) is 36.5 Å². The Bertz CT molecular complexity index is 708. The first kappa shape index (κ1) is 21.4. The lowest BCUT2D eigenvalue weighted by Crippen LogP contribution is -2.40. The molecule has 0 spiro atoms. The summed E-state index contributed by atoms with van der Waals surface area (Å²) in [6.45, 7) is 6.92. The highest BCUT2D eigenvalue weighted by Gasteiger charge is 2.29. The Morgan fingerprint density at radius 3 is 2.52 bits per heavy atom. The molecule has 1 aliphatic heterocycles. The molecule has 3 rings (SSSR count). The van der Waals surface area contributed by atoms with Crippen molar-refractivity contribution in [3.8, 4) is 0 Å². The van der Waals surface area contributed by atoms with Crippen molar-refractivity contribution in [1.82, 2.24) is 25.6 Å². The fraction of sp³-hybridized carbons (Fsp3) is 0.550. The Kier molecular flexibility index (Phi) is 7.80. The molecule has 6 nitrogen and oxygen atoms in total. The maximum absolute atomic E-state index is 12.6. The second kappa shape index (κ2) is 9.85. The lowest BCUT2D eigenvalue weighted by molar-refractivity contribution is 0.0936. The normalized spacial score (nSPS) is 15.2. The van der Waals surface area contributed by atoms with Gasteiger partial charge in [0.25, 0.3) is 5.91 Å². The summed E-state index contributed by atoms with van der Waals surface area (Å²) in [5.74, 6) is -0.146. The number of rotatable bonds is 7. The zero-order valence-corrected chi connectivity index (χ0v) is 17.0. The molecule has 1 aliphatic rings. The summed E-state index contributed by atoms with van der Waals surface area (Å²) in [6, 6.07) is 10.8. The van der Waals surface area contributed by atoms with Gasteiger partial charge in [-0.15, -0.1) is 17.5 Å². The molecule has 148 valence electrons. The summed E-state index contributed by atoms with van der Waals surface area (Å²) in [7, 11) is 0. The maximum Gasteiger partial charge on any atom is 0.273 e. The Morgan fingerprint density at radius 2 is 1.89 bits per heavy atom. The van der Waals surface area contributed by atoms with Crippen LogP contribution in [0.3, 0.4) is 0 Å². The fourth-order valence-electron chi connectivity index (χ4n) is 3.77. The predicted molar refractivity (Wildman–Crippen MR) is 109 cm³/mol. The van der Waals surface area contributed by atoms with Crippen LogP contribution in [0.25, 0.3) is 0 Å². The molecule has 1 amide bonds. The van der Waals surface area contributed by atoms with Crippen LogP contribution >= 0.6 is 12.4 Å². The van der Waals surface area contributed by atoms with E-state index in [2.05, 4.69) is 59.1 Å². The average molecular weight is 392 g/mol. The highest BCUT2D eigenvalue weighted by Crippen LogP contribution is 2.31. The average Bonchev–Trinajstić information content (AvgIpc) is 3.21. The largest absolute Gasteiger partial charge is 0.350 e. The molecule has 2 aromatic rings. The van der Waals surface area contributed by atoms with Gasteiger partial charge in [0.2, 0.25) is 0 Å². The third-order valence-corrected chi connectivity index (χ3v) is 5.75. The van der Waals surface area contributed by atoms with Crippen molar-refractivity contribution >= 4 is 18.3 Å². The number of carbonyl (C=O) groups excluding carboxylic acids is 1. The number of aromatic nitrogens is 3. The highest BCUT2D eigenvalue weighted by atomic mass is 35.5. The summed E-state index contributed by atoms with van der Waals surface area (Å²) in [5.41, 5.74) is 1.61. The van der Waals surface area contributed by atoms with Gasteiger partial charge >= 0.3 is 0 Å². The van der Waals surface area contributed by atoms with Crippen molar-refractivity contribution in [3.63, 3.8) is 0 Å². The van der Waals surface area contributed by atoms with E-state index in [0.29, 0.717) is 18.3 Å². The molecule has 2 heterocycles. The van der Waals surface area contributed by atoms with Crippen LogP contribution in [-0.2, 0) is 5.41 Å². The topological polar surface area (TPSA) is 71.8 Å². The molecule has 1 aromatic carbocycles. The number of piperidine rings is 1. The first-order valence-electron chi connectivity index (χ1n) is 9.65. The van der Waals surface area contributed by atoms with Crippen molar-refractivity contribution < 1.29 is 4.79 Å². The van der Waals surface area contributed by atoms with Crippen molar-refractivity contribution in [2.45, 2.75) is 51.0 Å². The molecule has 2 N–H and O–H groups in total. The number of nitrogens with one attached hydrogen (secondary N) is 2. The lowest BCUT2D eigenvalue weighted by atomic mass is 9.76. The fourth-order valence-corrected chi connectivity index (χ4v) is 3.77. The number of nitrogens with zero attached hydrogens (tertiary/aromatic N) is 3. The van der Waals surface area contributed by atoms with Crippen LogP contribution in [0.5, 0.6) is 0 Å². The van der Waals surface area contributed by atoms with Crippen LogP contribution in [0.2, 0.25) is 0 Å². The summed E-state index contributed by atoms with van der Waals surface area (Å²) >= 11 is 0. The highest BCUT2D eigenvalue weighted by molar-refractivity contribution is 5.91. The molecular weight excluding hydrogens is 362 g/mol. The summed E-state index contributed by atoms with van der Waals surface area (Å²) < 4.78 is 1.85. The number of benzene rings is 1. The van der Waals surface area contributed by atoms with Crippen LogP contribution in [0, 0.1) is 0 Å². The maximum atomic E-state index is 12.6. The smallest absolute Gasteiger partial charge is 0.273 e. The second-order valence-electron chi connectivity index (χ2n) is 7.10. The molecule has 0 bridgehead atoms. The molecule has 1 aromatic heterocycles. The van der Waals surface area contributed by atoms with E-state index in [1.54, 1.807) is 6.20 Å². The van der Waals surface area contributed by atoms with Gasteiger partial charge in [0.15, 0.2) is 5.69 Å². The van der Waals surface area contributed by atoms with E-state index in [4.69, 9.17) is 0 Å². The molecule has 0 saturated carbocycles. The predicted octanol–water partition coefficient (Wildman–Crippen LogP) is 3.11. The molecular formula is C20H30ClN5O. The standard InChI is InChI=1S/C20H29N5O.ClH/c1-3-20(4-2,16-8-6-5-7-9-16)15-22-19(26)18-14-25(24-23-18)17-10-12-21-13-11-17;/h5-9,14,17,21H,3-4,10-13,15H2,1-2H3,(H,22,26);1H. The Balaban J connectivity index is 0.00000261. The quantitative estimate of drug-likeness (QED) is 0.760. The van der Waals surface area contributed by atoms with Crippen molar-refractivity contribution in [2.24, 2.45) is 0 Å². The monoisotopic (exact) mass is 391 g/mol. The van der Waals surface area contributed by atoms with Crippen LogP contribution < -0.4 is 10.6 Å². The zero-order valence-electron chi connectivity index (χ0n) is 16.1. The van der Waals surface area contributed by atoms with Crippen molar-refractivity contribution in [3.05, 3.63) is 47.8 Å². The zero-order chi connectivity index (χ0) is 18.4. The minimum Gasteiger partial charge on any atom is -0.350 e. The molecule has 7 heteroatoms. The van der Waals surface area contributed by atoms with Crippen molar-refractivity contribution in [1.29, 1.82) is 0 Å². The number of amides is 1.